The number of aryl methyl sites for hydroxylation is 2. The van der Waals surface area contributed by atoms with Gasteiger partial charge in [0.2, 0.25) is 0 Å². The number of nitrogens with zero attached hydrogens (tertiary/aromatic N) is 1. The predicted molar refractivity (Wildman–Crippen MR) is 89.1 cm³/mol. The average molecular weight is 263 g/mol. The Hall–Kier alpha value is -2.15. The van der Waals surface area contributed by atoms with Crippen molar-refractivity contribution in [1.82, 2.24) is 0 Å². The number of hydrogen-bond acceptors (Lipinski definition) is 1. The second kappa shape index (κ2) is 5.87. The highest BCUT2D eigenvalue weighted by atomic mass is 14.7. The summed E-state index contributed by atoms with van der Waals surface area (Å²) in [7, 11) is 0. The molecule has 20 heavy (non-hydrogen) atoms. The van der Waals surface area contributed by atoms with Gasteiger partial charge in [-0.15, -0.1) is 0 Å². The molecule has 0 radical (unpaired) electrons. The van der Waals surface area contributed by atoms with Gasteiger partial charge in [-0.1, -0.05) is 42.5 Å². The monoisotopic (exact) mass is 263 g/mol. The predicted octanol–water partition coefficient (Wildman–Crippen LogP) is 5.40. The molecule has 0 amide bonds. The summed E-state index contributed by atoms with van der Waals surface area (Å²) >= 11 is 0. The molecular formula is C19H21N. The zero-order valence-corrected chi connectivity index (χ0v) is 12.7. The van der Waals surface area contributed by atoms with Gasteiger partial charge >= 0.3 is 0 Å². The number of para-hydroxylation sites is 1. The van der Waals surface area contributed by atoms with Gasteiger partial charge in [0.15, 0.2) is 0 Å². The molecule has 0 bridgehead atoms. The van der Waals surface area contributed by atoms with Gasteiger partial charge in [0.05, 0.1) is 5.69 Å². The Bertz CT molecular complexity index is 678. The standard InChI is InChI=1S/C19H21N/c1-6-20-19-10-8-7-9-17(19)16(5)18-12-13(2)11-14(3)15(18)4/h6-12H,5H2,1-4H3. The van der Waals surface area contributed by atoms with E-state index in [1.165, 1.54) is 22.3 Å². The number of rotatable bonds is 3. The van der Waals surface area contributed by atoms with Crippen LogP contribution in [0, 0.1) is 20.8 Å². The first-order valence-corrected chi connectivity index (χ1v) is 6.89. The summed E-state index contributed by atoms with van der Waals surface area (Å²) in [5.74, 6) is 0. The molecule has 0 aliphatic heterocycles. The molecular weight excluding hydrogens is 242 g/mol. The molecule has 0 spiro atoms. The Kier molecular flexibility index (Phi) is 4.19. The molecule has 0 fully saturated rings. The van der Waals surface area contributed by atoms with Crippen LogP contribution >= 0.6 is 0 Å². The normalized spacial score (nSPS) is 11.0. The summed E-state index contributed by atoms with van der Waals surface area (Å²) in [6.07, 6.45) is 1.82. The molecule has 0 aromatic heterocycles. The first kappa shape index (κ1) is 14.3. The van der Waals surface area contributed by atoms with Crippen LogP contribution in [0.5, 0.6) is 0 Å². The number of hydrogen-bond donors (Lipinski definition) is 0. The van der Waals surface area contributed by atoms with Crippen LogP contribution in [0.15, 0.2) is 48.0 Å². The lowest BCUT2D eigenvalue weighted by Crippen LogP contribution is -1.95. The molecule has 2 aromatic rings. The Morgan fingerprint density at radius 3 is 2.45 bits per heavy atom. The maximum absolute atomic E-state index is 4.44. The van der Waals surface area contributed by atoms with Crippen LogP contribution in [-0.4, -0.2) is 6.21 Å². The maximum atomic E-state index is 4.44. The molecule has 2 aromatic carbocycles. The molecule has 0 heterocycles. The smallest absolute Gasteiger partial charge is 0.0703 e. The summed E-state index contributed by atoms with van der Waals surface area (Å²) in [5, 5.41) is 0. The Morgan fingerprint density at radius 1 is 1.05 bits per heavy atom. The van der Waals surface area contributed by atoms with E-state index >= 15 is 0 Å². The third kappa shape index (κ3) is 2.72. The number of aliphatic imine (C=N–C) groups is 1. The van der Waals surface area contributed by atoms with Crippen LogP contribution in [0.25, 0.3) is 5.57 Å². The van der Waals surface area contributed by atoms with Crippen LogP contribution in [0.2, 0.25) is 0 Å². The van der Waals surface area contributed by atoms with Crippen LogP contribution in [0.3, 0.4) is 0 Å². The van der Waals surface area contributed by atoms with Crippen molar-refractivity contribution in [3.05, 3.63) is 70.8 Å². The Morgan fingerprint density at radius 2 is 1.75 bits per heavy atom. The lowest BCUT2D eigenvalue weighted by molar-refractivity contribution is 1.27. The summed E-state index contributed by atoms with van der Waals surface area (Å²) in [6, 6.07) is 12.6. The minimum Gasteiger partial charge on any atom is -0.261 e. The summed E-state index contributed by atoms with van der Waals surface area (Å²) in [6.45, 7) is 12.7. The molecule has 0 saturated heterocycles. The molecule has 1 nitrogen and oxygen atoms in total. The lowest BCUT2D eigenvalue weighted by atomic mass is 9.91. The minimum atomic E-state index is 0.971. The molecule has 0 atom stereocenters. The SMILES string of the molecule is C=C(c1ccccc1N=CC)c1cc(C)cc(C)c1C. The van der Waals surface area contributed by atoms with Crippen molar-refractivity contribution in [2.24, 2.45) is 4.99 Å². The van der Waals surface area contributed by atoms with Crippen molar-refractivity contribution in [2.45, 2.75) is 27.7 Å². The van der Waals surface area contributed by atoms with Gasteiger partial charge in [-0.05, 0) is 56.0 Å². The zero-order chi connectivity index (χ0) is 14.7. The number of benzene rings is 2. The van der Waals surface area contributed by atoms with Gasteiger partial charge in [-0.2, -0.15) is 0 Å². The van der Waals surface area contributed by atoms with Crippen molar-refractivity contribution in [3.8, 4) is 0 Å². The highest BCUT2D eigenvalue weighted by Crippen LogP contribution is 2.32. The Labute approximate surface area is 121 Å². The molecule has 102 valence electrons. The van der Waals surface area contributed by atoms with Gasteiger partial charge in [0.25, 0.3) is 0 Å². The molecule has 1 heteroatoms. The fourth-order valence-corrected chi connectivity index (χ4v) is 2.48. The third-order valence-electron chi connectivity index (χ3n) is 3.63. The topological polar surface area (TPSA) is 12.4 Å². The minimum absolute atomic E-state index is 0.971. The third-order valence-corrected chi connectivity index (χ3v) is 3.63. The van der Waals surface area contributed by atoms with Gasteiger partial charge in [-0.25, -0.2) is 0 Å². The van der Waals surface area contributed by atoms with Gasteiger partial charge in [0.1, 0.15) is 0 Å². The molecule has 0 saturated carbocycles. The van der Waals surface area contributed by atoms with Crippen molar-refractivity contribution in [3.63, 3.8) is 0 Å². The zero-order valence-electron chi connectivity index (χ0n) is 12.7. The van der Waals surface area contributed by atoms with Crippen molar-refractivity contribution < 1.29 is 0 Å². The average Bonchev–Trinajstić information content (AvgIpc) is 2.43. The van der Waals surface area contributed by atoms with Gasteiger partial charge in [-0.3, -0.25) is 4.99 Å². The van der Waals surface area contributed by atoms with Crippen molar-refractivity contribution in [1.29, 1.82) is 0 Å². The first-order valence-electron chi connectivity index (χ1n) is 6.89. The second-order valence-corrected chi connectivity index (χ2v) is 5.14. The fourth-order valence-electron chi connectivity index (χ4n) is 2.48. The maximum Gasteiger partial charge on any atom is 0.0703 e. The highest BCUT2D eigenvalue weighted by Gasteiger charge is 2.11. The lowest BCUT2D eigenvalue weighted by Gasteiger charge is -2.15. The molecule has 0 unspecified atom stereocenters. The summed E-state index contributed by atoms with van der Waals surface area (Å²) < 4.78 is 0. The van der Waals surface area contributed by atoms with Crippen LogP contribution in [0.1, 0.15) is 34.7 Å². The fraction of sp³-hybridized carbons (Fsp3) is 0.211. The van der Waals surface area contributed by atoms with Crippen molar-refractivity contribution >= 4 is 17.5 Å². The van der Waals surface area contributed by atoms with E-state index in [-0.39, 0.29) is 0 Å². The molecule has 2 rings (SSSR count). The molecule has 0 aliphatic rings. The van der Waals surface area contributed by atoms with Gasteiger partial charge < -0.3 is 0 Å². The van der Waals surface area contributed by atoms with E-state index < -0.39 is 0 Å². The van der Waals surface area contributed by atoms with E-state index in [0.717, 1.165) is 16.8 Å². The van der Waals surface area contributed by atoms with E-state index in [0.29, 0.717) is 0 Å². The van der Waals surface area contributed by atoms with Crippen LogP contribution in [0.4, 0.5) is 5.69 Å². The summed E-state index contributed by atoms with van der Waals surface area (Å²) in [4.78, 5) is 4.44. The van der Waals surface area contributed by atoms with Crippen LogP contribution in [-0.2, 0) is 0 Å². The quantitative estimate of drug-likeness (QED) is 0.658. The van der Waals surface area contributed by atoms with Gasteiger partial charge in [0, 0.05) is 11.8 Å². The largest absolute Gasteiger partial charge is 0.261 e. The van der Waals surface area contributed by atoms with E-state index in [4.69, 9.17) is 0 Å². The highest BCUT2D eigenvalue weighted by molar-refractivity contribution is 5.86. The first-order chi connectivity index (χ1) is 9.54. The Balaban J connectivity index is 2.58. The molecule has 0 N–H and O–H groups in total. The van der Waals surface area contributed by atoms with Crippen molar-refractivity contribution in [2.75, 3.05) is 0 Å². The molecule has 0 aliphatic carbocycles. The van der Waals surface area contributed by atoms with E-state index in [1.54, 1.807) is 0 Å². The van der Waals surface area contributed by atoms with Crippen LogP contribution < -0.4 is 0 Å². The van der Waals surface area contributed by atoms with E-state index in [9.17, 15) is 0 Å². The second-order valence-electron chi connectivity index (χ2n) is 5.14. The van der Waals surface area contributed by atoms with E-state index in [1.807, 2.05) is 31.3 Å². The summed E-state index contributed by atoms with van der Waals surface area (Å²) in [5.41, 5.74) is 8.17. The van der Waals surface area contributed by atoms with E-state index in [2.05, 4.69) is 50.5 Å².